The summed E-state index contributed by atoms with van der Waals surface area (Å²) in [6.45, 7) is 3.42. The van der Waals surface area contributed by atoms with Crippen LogP contribution in [0, 0.1) is 12.8 Å². The lowest BCUT2D eigenvalue weighted by atomic mass is 10.0. The quantitative estimate of drug-likeness (QED) is 0.382. The van der Waals surface area contributed by atoms with Gasteiger partial charge in [-0.15, -0.1) is 0 Å². The normalized spacial score (nSPS) is 12.1. The number of ketones is 1. The molecule has 1 radical (unpaired) electrons. The predicted octanol–water partition coefficient (Wildman–Crippen LogP) is 1.52. The van der Waals surface area contributed by atoms with E-state index in [1.807, 2.05) is 6.07 Å². The van der Waals surface area contributed by atoms with Crippen molar-refractivity contribution in [2.24, 2.45) is 5.92 Å². The van der Waals surface area contributed by atoms with E-state index in [4.69, 9.17) is 0 Å². The summed E-state index contributed by atoms with van der Waals surface area (Å²) in [5.41, 5.74) is 0.532. The van der Waals surface area contributed by atoms with Gasteiger partial charge in [-0.05, 0) is 6.92 Å². The summed E-state index contributed by atoms with van der Waals surface area (Å²) >= 11 is 0. The Morgan fingerprint density at radius 2 is 1.92 bits per heavy atom. The fourth-order valence-electron chi connectivity index (χ4n) is 0.878. The molecule has 2 heteroatoms. The molecule has 1 rings (SSSR count). The number of hydrogen-bond donors (Lipinski definition) is 0. The zero-order chi connectivity index (χ0) is 8.97. The van der Waals surface area contributed by atoms with Crippen molar-refractivity contribution in [3.8, 4) is 0 Å². The molecule has 0 saturated carbocycles. The van der Waals surface area contributed by atoms with Gasteiger partial charge in [0.1, 0.15) is 6.29 Å². The lowest BCUT2D eigenvalue weighted by Gasteiger charge is -2.00. The third-order valence-electron chi connectivity index (χ3n) is 1.56. The van der Waals surface area contributed by atoms with E-state index in [2.05, 4.69) is 6.92 Å². The van der Waals surface area contributed by atoms with Crippen LogP contribution in [0.25, 0.3) is 0 Å². The van der Waals surface area contributed by atoms with Gasteiger partial charge >= 0.3 is 0 Å². The van der Waals surface area contributed by atoms with Crippen molar-refractivity contribution in [2.45, 2.75) is 0 Å². The van der Waals surface area contributed by atoms with E-state index >= 15 is 0 Å². The first-order valence-corrected chi connectivity index (χ1v) is 3.63. The van der Waals surface area contributed by atoms with Gasteiger partial charge in [0.2, 0.25) is 0 Å². The van der Waals surface area contributed by atoms with Crippen LogP contribution in [0.2, 0.25) is 0 Å². The Labute approximate surface area is 71.2 Å². The van der Waals surface area contributed by atoms with E-state index in [0.29, 0.717) is 11.8 Å². The van der Waals surface area contributed by atoms with Crippen molar-refractivity contribution in [2.75, 3.05) is 0 Å². The fraction of sp³-hybridized carbons (Fsp3) is 0.100. The first-order valence-electron chi connectivity index (χ1n) is 3.63. The number of Topliss-reactive ketones (excluding diaryl/α,β-unsaturated/α-hetero) is 1. The molecule has 0 N–H and O–H groups in total. The minimum atomic E-state index is -0.785. The largest absolute Gasteiger partial charge is 0.303 e. The molecule has 61 valence electrons. The average Bonchev–Trinajstić information content (AvgIpc) is 2.17. The Morgan fingerprint density at radius 3 is 2.42 bits per heavy atom. The second kappa shape index (κ2) is 3.81. The summed E-state index contributed by atoms with van der Waals surface area (Å²) in [6.07, 6.45) is 0.551. The Hall–Kier alpha value is -1.44. The maximum absolute atomic E-state index is 11.3. The number of aldehydes is 1. The number of benzene rings is 1. The third kappa shape index (κ3) is 1.78. The topological polar surface area (TPSA) is 34.1 Å². The van der Waals surface area contributed by atoms with Crippen molar-refractivity contribution in [3.63, 3.8) is 0 Å². The second-order valence-corrected chi connectivity index (χ2v) is 2.47. The SMILES string of the molecule is [CH2]C(C=O)C(=O)c1ccccc1. The fourth-order valence-corrected chi connectivity index (χ4v) is 0.878. The lowest BCUT2D eigenvalue weighted by Crippen LogP contribution is -2.12. The van der Waals surface area contributed by atoms with Crippen molar-refractivity contribution < 1.29 is 9.59 Å². The molecular weight excluding hydrogens is 152 g/mol. The van der Waals surface area contributed by atoms with Gasteiger partial charge in [-0.1, -0.05) is 30.3 Å². The van der Waals surface area contributed by atoms with Gasteiger partial charge in [-0.2, -0.15) is 0 Å². The summed E-state index contributed by atoms with van der Waals surface area (Å²) in [4.78, 5) is 21.5. The van der Waals surface area contributed by atoms with Crippen LogP contribution in [0.3, 0.4) is 0 Å². The zero-order valence-corrected chi connectivity index (χ0v) is 6.57. The Bertz CT molecular complexity index is 277. The molecule has 1 unspecified atom stereocenters. The van der Waals surface area contributed by atoms with Crippen LogP contribution < -0.4 is 0 Å². The van der Waals surface area contributed by atoms with Gasteiger partial charge in [0.15, 0.2) is 5.78 Å². The highest BCUT2D eigenvalue weighted by Gasteiger charge is 2.12. The van der Waals surface area contributed by atoms with Crippen molar-refractivity contribution in [3.05, 3.63) is 42.8 Å². The molecule has 0 saturated heterocycles. The average molecular weight is 161 g/mol. The maximum Gasteiger partial charge on any atom is 0.173 e. The van der Waals surface area contributed by atoms with E-state index in [9.17, 15) is 9.59 Å². The minimum Gasteiger partial charge on any atom is -0.303 e. The summed E-state index contributed by atoms with van der Waals surface area (Å²) in [5.74, 6) is -1.02. The molecule has 0 amide bonds. The molecule has 1 aromatic rings. The molecule has 0 aliphatic carbocycles. The van der Waals surface area contributed by atoms with E-state index in [0.717, 1.165) is 0 Å². The van der Waals surface area contributed by atoms with E-state index < -0.39 is 5.92 Å². The Morgan fingerprint density at radius 1 is 1.33 bits per heavy atom. The van der Waals surface area contributed by atoms with Gasteiger partial charge in [0, 0.05) is 5.56 Å². The van der Waals surface area contributed by atoms with Crippen LogP contribution in [0.4, 0.5) is 0 Å². The van der Waals surface area contributed by atoms with Crippen LogP contribution in [-0.4, -0.2) is 12.1 Å². The monoisotopic (exact) mass is 161 g/mol. The molecule has 0 bridgehead atoms. The molecule has 0 aliphatic heterocycles. The van der Waals surface area contributed by atoms with E-state index in [-0.39, 0.29) is 5.78 Å². The van der Waals surface area contributed by atoms with Crippen molar-refractivity contribution in [1.29, 1.82) is 0 Å². The smallest absolute Gasteiger partial charge is 0.173 e. The highest BCUT2D eigenvalue weighted by Crippen LogP contribution is 2.05. The van der Waals surface area contributed by atoms with Crippen molar-refractivity contribution >= 4 is 12.1 Å². The van der Waals surface area contributed by atoms with Crippen LogP contribution >= 0.6 is 0 Å². The third-order valence-corrected chi connectivity index (χ3v) is 1.56. The second-order valence-electron chi connectivity index (χ2n) is 2.47. The van der Waals surface area contributed by atoms with E-state index in [1.165, 1.54) is 0 Å². The molecule has 1 atom stereocenters. The molecule has 12 heavy (non-hydrogen) atoms. The highest BCUT2D eigenvalue weighted by atomic mass is 16.1. The summed E-state index contributed by atoms with van der Waals surface area (Å²) in [5, 5.41) is 0. The van der Waals surface area contributed by atoms with Gasteiger partial charge in [-0.3, -0.25) is 4.79 Å². The molecule has 0 spiro atoms. The molecule has 0 heterocycles. The van der Waals surface area contributed by atoms with E-state index in [1.54, 1.807) is 24.3 Å². The molecule has 0 aliphatic rings. The molecule has 0 fully saturated rings. The Kier molecular flexibility index (Phi) is 2.75. The number of carbonyl (C=O) groups is 2. The first-order chi connectivity index (χ1) is 5.75. The highest BCUT2D eigenvalue weighted by molar-refractivity contribution is 6.05. The van der Waals surface area contributed by atoms with Crippen LogP contribution in [0.15, 0.2) is 30.3 Å². The van der Waals surface area contributed by atoms with Crippen molar-refractivity contribution in [1.82, 2.24) is 0 Å². The minimum absolute atomic E-state index is 0.231. The zero-order valence-electron chi connectivity index (χ0n) is 6.57. The summed E-state index contributed by atoms with van der Waals surface area (Å²) in [6, 6.07) is 8.67. The van der Waals surface area contributed by atoms with Crippen LogP contribution in [-0.2, 0) is 4.79 Å². The molecule has 2 nitrogen and oxygen atoms in total. The summed E-state index contributed by atoms with van der Waals surface area (Å²) in [7, 11) is 0. The van der Waals surface area contributed by atoms with Crippen LogP contribution in [0.5, 0.6) is 0 Å². The molecule has 1 aromatic carbocycles. The Balaban J connectivity index is 2.85. The standard InChI is InChI=1S/C10H9O2/c1-8(7-11)10(12)9-5-3-2-4-6-9/h2-8H,1H2. The maximum atomic E-state index is 11.3. The van der Waals surface area contributed by atoms with Gasteiger partial charge in [0.25, 0.3) is 0 Å². The predicted molar refractivity (Wildman–Crippen MR) is 45.7 cm³/mol. The number of rotatable bonds is 3. The lowest BCUT2D eigenvalue weighted by molar-refractivity contribution is -0.109. The summed E-state index contributed by atoms with van der Waals surface area (Å²) < 4.78 is 0. The number of carbonyl (C=O) groups excluding carboxylic acids is 2. The molecule has 0 aromatic heterocycles. The molecular formula is C10H9O2. The van der Waals surface area contributed by atoms with Gasteiger partial charge in [0.05, 0.1) is 5.92 Å². The first kappa shape index (κ1) is 8.65. The van der Waals surface area contributed by atoms with Crippen LogP contribution in [0.1, 0.15) is 10.4 Å². The van der Waals surface area contributed by atoms with Gasteiger partial charge < -0.3 is 4.79 Å². The van der Waals surface area contributed by atoms with Gasteiger partial charge in [-0.25, -0.2) is 0 Å². The number of hydrogen-bond acceptors (Lipinski definition) is 2.